The van der Waals surface area contributed by atoms with Crippen LogP contribution in [-0.2, 0) is 9.59 Å². The number of aromatic nitrogens is 1. The number of thiazole rings is 1. The van der Waals surface area contributed by atoms with E-state index in [1.165, 1.54) is 22.5 Å². The van der Waals surface area contributed by atoms with Gasteiger partial charge in [-0.1, -0.05) is 35.6 Å². The molecule has 42 heavy (non-hydrogen) atoms. The maximum Gasteiger partial charge on any atom is 0.273 e. The molecule has 1 heterocycles. The zero-order valence-corrected chi connectivity index (χ0v) is 26.0. The third kappa shape index (κ3) is 7.14. The number of amides is 2. The molecule has 0 atom stereocenters. The zero-order chi connectivity index (χ0) is 29.6. The summed E-state index contributed by atoms with van der Waals surface area (Å²) in [5, 5.41) is 3.67. The van der Waals surface area contributed by atoms with E-state index in [1.54, 1.807) is 21.1 Å². The summed E-state index contributed by atoms with van der Waals surface area (Å²) in [6, 6.07) is 15.0. The summed E-state index contributed by atoms with van der Waals surface area (Å²) in [5.41, 5.74) is 4.56. The highest BCUT2D eigenvalue weighted by molar-refractivity contribution is 7.16. The van der Waals surface area contributed by atoms with E-state index in [1.807, 2.05) is 12.3 Å². The highest BCUT2D eigenvalue weighted by Gasteiger charge is 2.33. The molecule has 2 aromatic carbocycles. The third-order valence-electron chi connectivity index (χ3n) is 9.03. The van der Waals surface area contributed by atoms with Crippen LogP contribution < -0.4 is 19.7 Å². The van der Waals surface area contributed by atoms with Crippen molar-refractivity contribution >= 4 is 28.8 Å². The Labute approximate surface area is 253 Å². The first-order valence-electron chi connectivity index (χ1n) is 15.2. The molecular weight excluding hydrogens is 546 g/mol. The normalized spacial score (nSPS) is 22.3. The smallest absolute Gasteiger partial charge is 0.273 e. The topological polar surface area (TPSA) is 80.8 Å². The Kier molecular flexibility index (Phi) is 9.83. The van der Waals surface area contributed by atoms with E-state index in [0.717, 1.165) is 79.8 Å². The Morgan fingerprint density at radius 3 is 2.38 bits per heavy atom. The summed E-state index contributed by atoms with van der Waals surface area (Å²) in [5.74, 6) is 2.12. The van der Waals surface area contributed by atoms with Gasteiger partial charge < -0.3 is 19.7 Å². The van der Waals surface area contributed by atoms with Crippen molar-refractivity contribution < 1.29 is 19.1 Å². The minimum atomic E-state index is -0.0271. The van der Waals surface area contributed by atoms with Gasteiger partial charge in [-0.05, 0) is 105 Å². The van der Waals surface area contributed by atoms with Gasteiger partial charge >= 0.3 is 0 Å². The van der Waals surface area contributed by atoms with E-state index >= 15 is 0 Å². The van der Waals surface area contributed by atoms with Gasteiger partial charge in [0, 0.05) is 37.3 Å². The summed E-state index contributed by atoms with van der Waals surface area (Å²) in [7, 11) is 3.35. The van der Waals surface area contributed by atoms with Gasteiger partial charge in [0.2, 0.25) is 11.8 Å². The minimum Gasteiger partial charge on any atom is -0.496 e. The highest BCUT2D eigenvalue weighted by atomic mass is 32.1. The second kappa shape index (κ2) is 13.7. The Balaban J connectivity index is 1.32. The van der Waals surface area contributed by atoms with Crippen LogP contribution in [0.2, 0.25) is 0 Å². The Hall–Kier alpha value is -3.39. The van der Waals surface area contributed by atoms with E-state index in [4.69, 9.17) is 9.47 Å². The third-order valence-corrected chi connectivity index (χ3v) is 10.0. The molecule has 2 amide bonds. The summed E-state index contributed by atoms with van der Waals surface area (Å²) >= 11 is 1.51. The van der Waals surface area contributed by atoms with Gasteiger partial charge in [0.05, 0.1) is 19.1 Å². The van der Waals surface area contributed by atoms with Crippen LogP contribution in [0.1, 0.15) is 75.3 Å². The van der Waals surface area contributed by atoms with Gasteiger partial charge in [-0.15, -0.1) is 0 Å². The van der Waals surface area contributed by atoms with Crippen molar-refractivity contribution in [2.24, 2.45) is 11.8 Å². The van der Waals surface area contributed by atoms with Crippen molar-refractivity contribution in [3.05, 3.63) is 59.8 Å². The Bertz CT molecular complexity index is 1370. The van der Waals surface area contributed by atoms with E-state index < -0.39 is 0 Å². The average molecular weight is 590 g/mol. The molecular formula is C34H43N3O4S. The van der Waals surface area contributed by atoms with Crippen molar-refractivity contribution in [2.45, 2.75) is 77.2 Å². The van der Waals surface area contributed by atoms with Crippen molar-refractivity contribution in [1.82, 2.24) is 10.3 Å². The van der Waals surface area contributed by atoms with Crippen LogP contribution in [0.15, 0.2) is 48.7 Å². The first kappa shape index (κ1) is 30.1. The van der Waals surface area contributed by atoms with Crippen LogP contribution in [-0.4, -0.2) is 43.6 Å². The van der Waals surface area contributed by atoms with Gasteiger partial charge in [-0.3, -0.25) is 9.59 Å². The molecule has 0 spiro atoms. The van der Waals surface area contributed by atoms with Crippen LogP contribution in [0.3, 0.4) is 0 Å². The largest absolute Gasteiger partial charge is 0.496 e. The fourth-order valence-electron chi connectivity index (χ4n) is 6.72. The number of nitrogens with one attached hydrogen (secondary N) is 1. The van der Waals surface area contributed by atoms with Crippen LogP contribution in [0.25, 0.3) is 10.4 Å². The van der Waals surface area contributed by atoms with Crippen LogP contribution >= 0.6 is 11.3 Å². The van der Waals surface area contributed by atoms with Gasteiger partial charge in [0.15, 0.2) is 0 Å². The molecule has 0 radical (unpaired) electrons. The van der Waals surface area contributed by atoms with Crippen molar-refractivity contribution in [3.63, 3.8) is 0 Å². The number of nitrogens with zero attached hydrogens (tertiary/aromatic N) is 2. The van der Waals surface area contributed by atoms with Crippen LogP contribution in [0, 0.1) is 18.8 Å². The number of rotatable bonds is 9. The van der Waals surface area contributed by atoms with E-state index in [9.17, 15) is 9.59 Å². The number of carbonyl (C=O) groups excluding carboxylic acids is 2. The summed E-state index contributed by atoms with van der Waals surface area (Å²) in [6.45, 7) is 4.40. The number of methoxy groups -OCH3 is 2. The van der Waals surface area contributed by atoms with Crippen LogP contribution in [0.5, 0.6) is 10.9 Å². The van der Waals surface area contributed by atoms with Gasteiger partial charge in [0.25, 0.3) is 5.19 Å². The lowest BCUT2D eigenvalue weighted by Gasteiger charge is -2.36. The molecule has 8 heteroatoms. The molecule has 5 rings (SSSR count). The molecule has 2 aliphatic rings. The maximum absolute atomic E-state index is 14.2. The molecule has 1 N–H and O–H groups in total. The summed E-state index contributed by atoms with van der Waals surface area (Å²) in [6.07, 6.45) is 9.57. The maximum atomic E-state index is 14.2. The summed E-state index contributed by atoms with van der Waals surface area (Å²) in [4.78, 5) is 33.2. The zero-order valence-electron chi connectivity index (χ0n) is 25.2. The molecule has 0 saturated heterocycles. The molecule has 2 saturated carbocycles. The lowest BCUT2D eigenvalue weighted by molar-refractivity contribution is -0.123. The molecule has 3 aromatic rings. The lowest BCUT2D eigenvalue weighted by Crippen LogP contribution is -2.43. The first-order chi connectivity index (χ1) is 20.3. The number of anilines is 1. The monoisotopic (exact) mass is 589 g/mol. The minimum absolute atomic E-state index is 0.00307. The number of hydrogen-bond donors (Lipinski definition) is 1. The SMILES string of the molecule is COc1ncc(-c2cccc(N(CC3CCC(c4ccc(OC)c(C)c4)CC3)C(=O)C3CCC(NC(C)=O)CC3)c2)s1. The predicted molar refractivity (Wildman–Crippen MR) is 168 cm³/mol. The van der Waals surface area contributed by atoms with Crippen molar-refractivity contribution in [1.29, 1.82) is 0 Å². The number of benzene rings is 2. The highest BCUT2D eigenvalue weighted by Crippen LogP contribution is 2.39. The second-order valence-electron chi connectivity index (χ2n) is 11.9. The molecule has 224 valence electrons. The fourth-order valence-corrected chi connectivity index (χ4v) is 7.45. The Morgan fingerprint density at radius 1 is 0.976 bits per heavy atom. The first-order valence-corrected chi connectivity index (χ1v) is 16.0. The van der Waals surface area contributed by atoms with Crippen LogP contribution in [0.4, 0.5) is 5.69 Å². The van der Waals surface area contributed by atoms with Gasteiger partial charge in [0.1, 0.15) is 5.75 Å². The number of ether oxygens (including phenoxy) is 2. The molecule has 0 aliphatic heterocycles. The van der Waals surface area contributed by atoms with Crippen molar-refractivity contribution in [2.75, 3.05) is 25.7 Å². The molecule has 0 bridgehead atoms. The van der Waals surface area contributed by atoms with Gasteiger partial charge in [-0.2, -0.15) is 0 Å². The summed E-state index contributed by atoms with van der Waals surface area (Å²) < 4.78 is 10.8. The number of aryl methyl sites for hydroxylation is 1. The van der Waals surface area contributed by atoms with Gasteiger partial charge in [-0.25, -0.2) is 4.98 Å². The molecule has 7 nitrogen and oxygen atoms in total. The standard InChI is InChI=1S/C34H43N3O4S/c1-22-18-27(14-17-31(22)40-3)25-10-8-24(9-11-25)21-37(33(39)26-12-15-29(16-13-26)36-23(2)38)30-7-5-6-28(19-30)32-20-35-34(41-4)42-32/h5-7,14,17-20,24-26,29H,8-13,15-16,21H2,1-4H3,(H,36,38). The second-order valence-corrected chi connectivity index (χ2v) is 12.9. The quantitative estimate of drug-likeness (QED) is 0.287. The molecule has 0 unspecified atom stereocenters. The average Bonchev–Trinajstić information content (AvgIpc) is 3.50. The lowest BCUT2D eigenvalue weighted by atomic mass is 9.78. The number of hydrogen-bond acceptors (Lipinski definition) is 6. The van der Waals surface area contributed by atoms with Crippen molar-refractivity contribution in [3.8, 4) is 21.4 Å². The van der Waals surface area contributed by atoms with E-state index in [-0.39, 0.29) is 23.8 Å². The number of carbonyl (C=O) groups is 2. The molecule has 2 aliphatic carbocycles. The fraction of sp³-hybridized carbons (Fsp3) is 0.500. The molecule has 1 aromatic heterocycles. The molecule has 2 fully saturated rings. The van der Waals surface area contributed by atoms with E-state index in [2.05, 4.69) is 58.5 Å². The Morgan fingerprint density at radius 2 is 1.74 bits per heavy atom. The van der Waals surface area contributed by atoms with E-state index in [0.29, 0.717) is 17.0 Å². The predicted octanol–water partition coefficient (Wildman–Crippen LogP) is 7.14.